The van der Waals surface area contributed by atoms with Gasteiger partial charge in [0.25, 0.3) is 0 Å². The van der Waals surface area contributed by atoms with E-state index in [1.807, 2.05) is 30.3 Å². The van der Waals surface area contributed by atoms with Gasteiger partial charge in [0.15, 0.2) is 11.7 Å². The molecule has 1 aromatic carbocycles. The lowest BCUT2D eigenvalue weighted by Crippen LogP contribution is -2.46. The Balaban J connectivity index is 0.00000300. The SMILES string of the molecule is CN=C(NCc1ncc(-c2ccccc2)o1)N1CCC(OCCCOC)CC1.I. The number of methoxy groups -OCH3 is 1. The molecule has 1 saturated heterocycles. The maximum Gasteiger partial charge on any atom is 0.214 e. The predicted octanol–water partition coefficient (Wildman–Crippen LogP) is 3.55. The minimum absolute atomic E-state index is 0. The van der Waals surface area contributed by atoms with Crippen LogP contribution in [0.15, 0.2) is 45.9 Å². The minimum Gasteiger partial charge on any atom is -0.439 e. The topological polar surface area (TPSA) is 72.1 Å². The first-order chi connectivity index (χ1) is 13.8. The van der Waals surface area contributed by atoms with Crippen molar-refractivity contribution in [2.45, 2.75) is 31.9 Å². The second-order valence-electron chi connectivity index (χ2n) is 6.79. The Labute approximate surface area is 189 Å². The Morgan fingerprint density at radius 3 is 2.69 bits per heavy atom. The number of aliphatic imine (C=N–C) groups is 1. The summed E-state index contributed by atoms with van der Waals surface area (Å²) in [6.45, 7) is 3.87. The zero-order valence-corrected chi connectivity index (χ0v) is 19.5. The first-order valence-corrected chi connectivity index (χ1v) is 9.86. The van der Waals surface area contributed by atoms with Crippen molar-refractivity contribution in [2.24, 2.45) is 4.99 Å². The lowest BCUT2D eigenvalue weighted by Gasteiger charge is -2.34. The zero-order valence-electron chi connectivity index (χ0n) is 17.2. The van der Waals surface area contributed by atoms with Crippen molar-refractivity contribution in [3.05, 3.63) is 42.4 Å². The predicted molar refractivity (Wildman–Crippen MR) is 125 cm³/mol. The number of benzene rings is 1. The molecule has 0 unspecified atom stereocenters. The van der Waals surface area contributed by atoms with Crippen molar-refractivity contribution >= 4 is 29.9 Å². The van der Waals surface area contributed by atoms with Crippen LogP contribution >= 0.6 is 24.0 Å². The van der Waals surface area contributed by atoms with Crippen LogP contribution in [0.3, 0.4) is 0 Å². The van der Waals surface area contributed by atoms with Crippen molar-refractivity contribution < 1.29 is 13.9 Å². The molecular weight excluding hydrogens is 483 g/mol. The quantitative estimate of drug-likeness (QED) is 0.252. The summed E-state index contributed by atoms with van der Waals surface area (Å²) in [6.07, 6.45) is 5.05. The fourth-order valence-corrected chi connectivity index (χ4v) is 3.30. The van der Waals surface area contributed by atoms with Gasteiger partial charge in [-0.1, -0.05) is 30.3 Å². The number of guanidine groups is 1. The van der Waals surface area contributed by atoms with Crippen LogP contribution in [0.5, 0.6) is 0 Å². The van der Waals surface area contributed by atoms with Crippen LogP contribution in [-0.4, -0.2) is 62.4 Å². The largest absolute Gasteiger partial charge is 0.439 e. The van der Waals surface area contributed by atoms with Gasteiger partial charge in [-0.2, -0.15) is 0 Å². The normalized spacial score (nSPS) is 15.2. The van der Waals surface area contributed by atoms with E-state index in [-0.39, 0.29) is 24.0 Å². The highest BCUT2D eigenvalue weighted by Crippen LogP contribution is 2.20. The standard InChI is InChI=1S/C21H30N4O3.HI/c1-22-21(25-11-9-18(10-12-25)27-14-6-13-26-2)24-16-20-23-15-19(28-20)17-7-4-3-5-8-17;/h3-5,7-8,15,18H,6,9-14,16H2,1-2H3,(H,22,24);1H. The molecule has 0 atom stereocenters. The fraction of sp³-hybridized carbons (Fsp3) is 0.524. The summed E-state index contributed by atoms with van der Waals surface area (Å²) in [5.41, 5.74) is 1.03. The molecule has 1 aromatic heterocycles. The molecule has 160 valence electrons. The summed E-state index contributed by atoms with van der Waals surface area (Å²) >= 11 is 0. The summed E-state index contributed by atoms with van der Waals surface area (Å²) in [6, 6.07) is 9.99. The van der Waals surface area contributed by atoms with Crippen LogP contribution < -0.4 is 5.32 Å². The molecule has 0 radical (unpaired) electrons. The van der Waals surface area contributed by atoms with Gasteiger partial charge >= 0.3 is 0 Å². The number of hydrogen-bond donors (Lipinski definition) is 1. The van der Waals surface area contributed by atoms with E-state index in [9.17, 15) is 0 Å². The Bertz CT molecular complexity index is 731. The van der Waals surface area contributed by atoms with Crippen molar-refractivity contribution in [1.29, 1.82) is 0 Å². The monoisotopic (exact) mass is 514 g/mol. The number of likely N-dealkylation sites (tertiary alicyclic amines) is 1. The number of rotatable bonds is 8. The van der Waals surface area contributed by atoms with Crippen LogP contribution in [0.25, 0.3) is 11.3 Å². The average molecular weight is 514 g/mol. The third-order valence-corrected chi connectivity index (χ3v) is 4.81. The maximum atomic E-state index is 5.93. The molecule has 1 aliphatic rings. The maximum absolute atomic E-state index is 5.93. The number of nitrogens with zero attached hydrogens (tertiary/aromatic N) is 3. The van der Waals surface area contributed by atoms with Crippen molar-refractivity contribution in [2.75, 3.05) is 40.5 Å². The van der Waals surface area contributed by atoms with E-state index in [0.29, 0.717) is 18.5 Å². The molecule has 2 aromatic rings. The highest BCUT2D eigenvalue weighted by molar-refractivity contribution is 14.0. The van der Waals surface area contributed by atoms with Gasteiger partial charge in [0.2, 0.25) is 5.89 Å². The highest BCUT2D eigenvalue weighted by atomic mass is 127. The van der Waals surface area contributed by atoms with E-state index in [4.69, 9.17) is 13.9 Å². The van der Waals surface area contributed by atoms with E-state index >= 15 is 0 Å². The van der Waals surface area contributed by atoms with E-state index in [1.165, 1.54) is 0 Å². The van der Waals surface area contributed by atoms with Gasteiger partial charge in [-0.25, -0.2) is 4.98 Å². The summed E-state index contributed by atoms with van der Waals surface area (Å²) in [5.74, 6) is 2.30. The fourth-order valence-electron chi connectivity index (χ4n) is 3.30. The van der Waals surface area contributed by atoms with Gasteiger partial charge in [0.1, 0.15) is 0 Å². The Hall–Kier alpha value is -1.65. The van der Waals surface area contributed by atoms with E-state index < -0.39 is 0 Å². The third-order valence-electron chi connectivity index (χ3n) is 4.81. The van der Waals surface area contributed by atoms with Gasteiger partial charge in [-0.05, 0) is 19.3 Å². The number of halogens is 1. The molecule has 3 rings (SSSR count). The number of aromatic nitrogens is 1. The molecule has 0 amide bonds. The molecule has 0 bridgehead atoms. The van der Waals surface area contributed by atoms with Gasteiger partial charge in [-0.15, -0.1) is 24.0 Å². The molecule has 1 aliphatic heterocycles. The molecule has 29 heavy (non-hydrogen) atoms. The minimum atomic E-state index is 0. The second-order valence-corrected chi connectivity index (χ2v) is 6.79. The summed E-state index contributed by atoms with van der Waals surface area (Å²) < 4.78 is 16.8. The molecule has 1 fully saturated rings. The van der Waals surface area contributed by atoms with Gasteiger partial charge in [-0.3, -0.25) is 4.99 Å². The molecule has 2 heterocycles. The number of piperidine rings is 1. The number of ether oxygens (including phenoxy) is 2. The van der Waals surface area contributed by atoms with Gasteiger partial charge in [0, 0.05) is 46.0 Å². The zero-order chi connectivity index (χ0) is 19.6. The summed E-state index contributed by atoms with van der Waals surface area (Å²) in [4.78, 5) is 11.0. The summed E-state index contributed by atoms with van der Waals surface area (Å²) in [7, 11) is 3.53. The van der Waals surface area contributed by atoms with Gasteiger partial charge in [0.05, 0.1) is 18.8 Å². The molecule has 1 N–H and O–H groups in total. The number of oxazole rings is 1. The molecule has 0 spiro atoms. The van der Waals surface area contributed by atoms with Crippen molar-refractivity contribution in [3.63, 3.8) is 0 Å². The number of nitrogens with one attached hydrogen (secondary N) is 1. The van der Waals surface area contributed by atoms with Crippen LogP contribution in [0, 0.1) is 0 Å². The van der Waals surface area contributed by atoms with Crippen LogP contribution in [0.4, 0.5) is 0 Å². The van der Waals surface area contributed by atoms with Crippen LogP contribution in [-0.2, 0) is 16.0 Å². The van der Waals surface area contributed by atoms with E-state index in [2.05, 4.69) is 20.2 Å². The molecular formula is C21H31IN4O3. The highest BCUT2D eigenvalue weighted by Gasteiger charge is 2.22. The number of hydrogen-bond acceptors (Lipinski definition) is 5. The lowest BCUT2D eigenvalue weighted by atomic mass is 10.1. The van der Waals surface area contributed by atoms with E-state index in [0.717, 1.165) is 62.8 Å². The average Bonchev–Trinajstić information content (AvgIpc) is 3.22. The first-order valence-electron chi connectivity index (χ1n) is 9.86. The Morgan fingerprint density at radius 1 is 1.24 bits per heavy atom. The second kappa shape index (κ2) is 12.8. The third kappa shape index (κ3) is 7.27. The van der Waals surface area contributed by atoms with Crippen LogP contribution in [0.2, 0.25) is 0 Å². The molecule has 0 aliphatic carbocycles. The first kappa shape index (κ1) is 23.6. The lowest BCUT2D eigenvalue weighted by molar-refractivity contribution is 0.00988. The molecule has 0 saturated carbocycles. The smallest absolute Gasteiger partial charge is 0.214 e. The van der Waals surface area contributed by atoms with Gasteiger partial charge < -0.3 is 24.1 Å². The van der Waals surface area contributed by atoms with Crippen molar-refractivity contribution in [3.8, 4) is 11.3 Å². The molecule has 7 nitrogen and oxygen atoms in total. The Morgan fingerprint density at radius 2 is 2.00 bits per heavy atom. The summed E-state index contributed by atoms with van der Waals surface area (Å²) in [5, 5.41) is 3.36. The Kier molecular flexibility index (Phi) is 10.4. The molecule has 8 heteroatoms. The van der Waals surface area contributed by atoms with Crippen LogP contribution in [0.1, 0.15) is 25.2 Å². The van der Waals surface area contributed by atoms with E-state index in [1.54, 1.807) is 20.4 Å². The van der Waals surface area contributed by atoms with Crippen molar-refractivity contribution in [1.82, 2.24) is 15.2 Å².